The summed E-state index contributed by atoms with van der Waals surface area (Å²) in [4.78, 5) is 0. The zero-order valence-electron chi connectivity index (χ0n) is 8.85. The molecule has 13 heavy (non-hydrogen) atoms. The molecule has 0 saturated heterocycles. The highest BCUT2D eigenvalue weighted by molar-refractivity contribution is 5.42. The van der Waals surface area contributed by atoms with E-state index in [9.17, 15) is 0 Å². The van der Waals surface area contributed by atoms with Crippen molar-refractivity contribution in [1.29, 1.82) is 0 Å². The Hall–Kier alpha value is -1.30. The molecule has 0 fully saturated rings. The van der Waals surface area contributed by atoms with Gasteiger partial charge in [0.05, 0.1) is 0 Å². The van der Waals surface area contributed by atoms with E-state index in [4.69, 9.17) is 0 Å². The predicted octanol–water partition coefficient (Wildman–Crippen LogP) is 4.20. The second kappa shape index (κ2) is 5.36. The molecule has 0 spiro atoms. The standard InChI is InChI=1S/C13H18/c1-7-11(4)13(6)9-8-12(5)10(2)3/h7-9H,2,5-6H2,1,3-4H3/b9-8-,11-7+. The SMILES string of the molecule is C=C(C)C(=C)/C=C\C(=C)/C(C)=C/C. The van der Waals surface area contributed by atoms with E-state index in [0.29, 0.717) is 0 Å². The minimum Gasteiger partial charge on any atom is -0.0955 e. The zero-order chi connectivity index (χ0) is 10.4. The second-order valence-electron chi connectivity index (χ2n) is 3.14. The van der Waals surface area contributed by atoms with Crippen molar-refractivity contribution in [1.82, 2.24) is 0 Å². The van der Waals surface area contributed by atoms with Crippen LogP contribution in [0.3, 0.4) is 0 Å². The fraction of sp³-hybridized carbons (Fsp3) is 0.231. The number of rotatable bonds is 4. The van der Waals surface area contributed by atoms with Gasteiger partial charge in [-0.1, -0.05) is 43.5 Å². The van der Waals surface area contributed by atoms with Crippen molar-refractivity contribution in [3.63, 3.8) is 0 Å². The van der Waals surface area contributed by atoms with Crippen LogP contribution in [0.4, 0.5) is 0 Å². The van der Waals surface area contributed by atoms with Crippen LogP contribution in [0.5, 0.6) is 0 Å². The third-order valence-corrected chi connectivity index (χ3v) is 1.97. The first kappa shape index (κ1) is 11.7. The van der Waals surface area contributed by atoms with Gasteiger partial charge in [0.25, 0.3) is 0 Å². The Bertz CT molecular complexity index is 285. The summed E-state index contributed by atoms with van der Waals surface area (Å²) in [6, 6.07) is 0. The van der Waals surface area contributed by atoms with E-state index >= 15 is 0 Å². The van der Waals surface area contributed by atoms with Gasteiger partial charge in [-0.25, -0.2) is 0 Å². The molecule has 0 unspecified atom stereocenters. The molecule has 0 aromatic rings. The zero-order valence-corrected chi connectivity index (χ0v) is 8.85. The Balaban J connectivity index is 4.38. The minimum atomic E-state index is 0.949. The Morgan fingerprint density at radius 2 is 1.38 bits per heavy atom. The van der Waals surface area contributed by atoms with Crippen molar-refractivity contribution in [2.45, 2.75) is 20.8 Å². The summed E-state index contributed by atoms with van der Waals surface area (Å²) >= 11 is 0. The van der Waals surface area contributed by atoms with Crippen molar-refractivity contribution in [3.8, 4) is 0 Å². The van der Waals surface area contributed by atoms with Crippen molar-refractivity contribution in [3.05, 3.63) is 60.3 Å². The first-order valence-electron chi connectivity index (χ1n) is 4.34. The van der Waals surface area contributed by atoms with Crippen LogP contribution >= 0.6 is 0 Å². The van der Waals surface area contributed by atoms with Crippen LogP contribution in [-0.2, 0) is 0 Å². The molecule has 0 heteroatoms. The van der Waals surface area contributed by atoms with Gasteiger partial charge in [0.1, 0.15) is 0 Å². The molecule has 0 aromatic heterocycles. The molecule has 0 heterocycles. The van der Waals surface area contributed by atoms with Gasteiger partial charge in [0, 0.05) is 0 Å². The van der Waals surface area contributed by atoms with E-state index < -0.39 is 0 Å². The summed E-state index contributed by atoms with van der Waals surface area (Å²) in [7, 11) is 0. The Morgan fingerprint density at radius 3 is 1.77 bits per heavy atom. The van der Waals surface area contributed by atoms with Crippen LogP contribution in [-0.4, -0.2) is 0 Å². The lowest BCUT2D eigenvalue weighted by Gasteiger charge is -2.00. The lowest BCUT2D eigenvalue weighted by molar-refractivity contribution is 1.40. The van der Waals surface area contributed by atoms with Crippen molar-refractivity contribution < 1.29 is 0 Å². The quantitative estimate of drug-likeness (QED) is 0.560. The predicted molar refractivity (Wildman–Crippen MR) is 61.7 cm³/mol. The van der Waals surface area contributed by atoms with Gasteiger partial charge in [-0.2, -0.15) is 0 Å². The van der Waals surface area contributed by atoms with Gasteiger partial charge in [-0.3, -0.25) is 0 Å². The molecule has 0 bridgehead atoms. The van der Waals surface area contributed by atoms with Gasteiger partial charge < -0.3 is 0 Å². The molecule has 0 aliphatic heterocycles. The molecule has 0 saturated carbocycles. The maximum atomic E-state index is 3.93. The molecular weight excluding hydrogens is 156 g/mol. The average molecular weight is 174 g/mol. The van der Waals surface area contributed by atoms with E-state index in [0.717, 1.165) is 16.7 Å². The average Bonchev–Trinajstić information content (AvgIpc) is 2.11. The lowest BCUT2D eigenvalue weighted by Crippen LogP contribution is -1.79. The first-order valence-corrected chi connectivity index (χ1v) is 4.34. The fourth-order valence-electron chi connectivity index (χ4n) is 0.660. The van der Waals surface area contributed by atoms with E-state index in [1.54, 1.807) is 0 Å². The largest absolute Gasteiger partial charge is 0.0955 e. The first-order chi connectivity index (χ1) is 5.99. The molecule has 0 amide bonds. The van der Waals surface area contributed by atoms with Gasteiger partial charge in [-0.05, 0) is 37.5 Å². The summed E-state index contributed by atoms with van der Waals surface area (Å²) in [5.74, 6) is 0. The highest BCUT2D eigenvalue weighted by Crippen LogP contribution is 2.11. The monoisotopic (exact) mass is 174 g/mol. The van der Waals surface area contributed by atoms with Crippen LogP contribution in [0.2, 0.25) is 0 Å². The van der Waals surface area contributed by atoms with Gasteiger partial charge >= 0.3 is 0 Å². The molecule has 70 valence electrons. The highest BCUT2D eigenvalue weighted by Gasteiger charge is 1.91. The van der Waals surface area contributed by atoms with Crippen molar-refractivity contribution in [2.24, 2.45) is 0 Å². The fourth-order valence-corrected chi connectivity index (χ4v) is 0.660. The molecule has 0 N–H and O–H groups in total. The molecule has 0 atom stereocenters. The minimum absolute atomic E-state index is 0.949. The van der Waals surface area contributed by atoms with Crippen LogP contribution in [0.1, 0.15) is 20.8 Å². The normalized spacial score (nSPS) is 11.8. The third kappa shape index (κ3) is 4.32. The van der Waals surface area contributed by atoms with Crippen LogP contribution in [0.25, 0.3) is 0 Å². The van der Waals surface area contributed by atoms with Gasteiger partial charge in [-0.15, -0.1) is 0 Å². The summed E-state index contributed by atoms with van der Waals surface area (Å²) < 4.78 is 0. The summed E-state index contributed by atoms with van der Waals surface area (Å²) in [6.45, 7) is 17.6. The maximum absolute atomic E-state index is 3.93. The van der Waals surface area contributed by atoms with E-state index in [2.05, 4.69) is 19.7 Å². The number of hydrogen-bond donors (Lipinski definition) is 0. The summed E-state index contributed by atoms with van der Waals surface area (Å²) in [5.41, 5.74) is 4.14. The summed E-state index contributed by atoms with van der Waals surface area (Å²) in [6.07, 6.45) is 5.94. The molecule has 0 radical (unpaired) electrons. The Labute approximate surface area is 81.7 Å². The Morgan fingerprint density at radius 1 is 0.923 bits per heavy atom. The second-order valence-corrected chi connectivity index (χ2v) is 3.14. The van der Waals surface area contributed by atoms with E-state index in [-0.39, 0.29) is 0 Å². The lowest BCUT2D eigenvalue weighted by atomic mass is 10.1. The third-order valence-electron chi connectivity index (χ3n) is 1.97. The van der Waals surface area contributed by atoms with E-state index in [1.165, 1.54) is 5.57 Å². The molecule has 0 aliphatic carbocycles. The number of hydrogen-bond acceptors (Lipinski definition) is 0. The van der Waals surface area contributed by atoms with Crippen LogP contribution in [0, 0.1) is 0 Å². The van der Waals surface area contributed by atoms with Gasteiger partial charge in [0.15, 0.2) is 0 Å². The van der Waals surface area contributed by atoms with Crippen LogP contribution in [0.15, 0.2) is 60.3 Å². The molecule has 0 nitrogen and oxygen atoms in total. The van der Waals surface area contributed by atoms with Crippen molar-refractivity contribution >= 4 is 0 Å². The highest BCUT2D eigenvalue weighted by atomic mass is 14.0. The van der Waals surface area contributed by atoms with Crippen LogP contribution < -0.4 is 0 Å². The topological polar surface area (TPSA) is 0 Å². The van der Waals surface area contributed by atoms with E-state index in [1.807, 2.05) is 39.0 Å². The molecular formula is C13H18. The molecule has 0 aliphatic rings. The molecule has 0 aromatic carbocycles. The smallest absolute Gasteiger partial charge is 0.0302 e. The maximum Gasteiger partial charge on any atom is -0.0302 e. The number of allylic oxidation sites excluding steroid dienone is 7. The van der Waals surface area contributed by atoms with Crippen molar-refractivity contribution in [2.75, 3.05) is 0 Å². The Kier molecular flexibility index (Phi) is 4.83. The van der Waals surface area contributed by atoms with Gasteiger partial charge in [0.2, 0.25) is 0 Å². The molecule has 0 rings (SSSR count). The summed E-state index contributed by atoms with van der Waals surface area (Å²) in [5, 5.41) is 0.